The molecule has 0 spiro atoms. The van der Waals surface area contributed by atoms with E-state index in [2.05, 4.69) is 27.7 Å². The molecule has 1 aliphatic rings. The Morgan fingerprint density at radius 1 is 1.18 bits per heavy atom. The predicted octanol–water partition coefficient (Wildman–Crippen LogP) is 3.41. The van der Waals surface area contributed by atoms with E-state index >= 15 is 0 Å². The van der Waals surface area contributed by atoms with Crippen LogP contribution in [-0.4, -0.2) is 12.2 Å². The van der Waals surface area contributed by atoms with Gasteiger partial charge in [0.25, 0.3) is 0 Å². The summed E-state index contributed by atoms with van der Waals surface area (Å²) in [5.41, 5.74) is 1.33. The van der Waals surface area contributed by atoms with Gasteiger partial charge in [0.2, 0.25) is 0 Å². The van der Waals surface area contributed by atoms with Crippen LogP contribution in [0.3, 0.4) is 0 Å². The lowest BCUT2D eigenvalue weighted by Crippen LogP contribution is -2.05. The van der Waals surface area contributed by atoms with Crippen molar-refractivity contribution in [1.82, 2.24) is 0 Å². The fourth-order valence-electron chi connectivity index (χ4n) is 3.05. The number of aliphatic hydroxyl groups is 1. The van der Waals surface area contributed by atoms with Crippen LogP contribution in [0.1, 0.15) is 39.4 Å². The summed E-state index contributed by atoms with van der Waals surface area (Å²) in [6.07, 6.45) is -0.407. The zero-order valence-electron chi connectivity index (χ0n) is 11.3. The summed E-state index contributed by atoms with van der Waals surface area (Å²) in [6.45, 7) is 8.89. The first-order valence-electron chi connectivity index (χ1n) is 6.14. The summed E-state index contributed by atoms with van der Waals surface area (Å²) in [6, 6.07) is 7.73. The lowest BCUT2D eigenvalue weighted by Gasteiger charge is -2.14. The molecule has 1 saturated carbocycles. The first-order chi connectivity index (χ1) is 7.82. The molecule has 1 fully saturated rings. The summed E-state index contributed by atoms with van der Waals surface area (Å²) in [5, 5.41) is 10.5. The summed E-state index contributed by atoms with van der Waals surface area (Å²) >= 11 is 0. The molecule has 0 bridgehead atoms. The van der Waals surface area contributed by atoms with E-state index in [0.29, 0.717) is 5.92 Å². The molecule has 2 heteroatoms. The van der Waals surface area contributed by atoms with Gasteiger partial charge in [0.1, 0.15) is 5.75 Å². The Balaban J connectivity index is 2.24. The monoisotopic (exact) mass is 234 g/mol. The van der Waals surface area contributed by atoms with E-state index in [4.69, 9.17) is 4.74 Å². The van der Waals surface area contributed by atoms with Crippen LogP contribution in [-0.2, 0) is 0 Å². The third kappa shape index (κ3) is 1.75. The van der Waals surface area contributed by atoms with Gasteiger partial charge >= 0.3 is 0 Å². The number of methoxy groups -OCH3 is 1. The van der Waals surface area contributed by atoms with Crippen molar-refractivity contribution in [2.75, 3.05) is 7.11 Å². The van der Waals surface area contributed by atoms with Gasteiger partial charge in [0, 0.05) is 5.92 Å². The quantitative estimate of drug-likeness (QED) is 0.868. The fraction of sp³-hybridized carbons (Fsp3) is 0.600. The van der Waals surface area contributed by atoms with E-state index in [-0.39, 0.29) is 10.8 Å². The van der Waals surface area contributed by atoms with Crippen molar-refractivity contribution in [2.45, 2.75) is 33.8 Å². The summed E-state index contributed by atoms with van der Waals surface area (Å²) in [4.78, 5) is 0. The van der Waals surface area contributed by atoms with Crippen LogP contribution in [0, 0.1) is 16.7 Å². The number of hydrogen-bond donors (Lipinski definition) is 1. The van der Waals surface area contributed by atoms with E-state index in [1.54, 1.807) is 7.11 Å². The average Bonchev–Trinajstić information content (AvgIpc) is 2.69. The molecule has 2 nitrogen and oxygen atoms in total. The van der Waals surface area contributed by atoms with E-state index in [1.807, 2.05) is 24.3 Å². The van der Waals surface area contributed by atoms with Gasteiger partial charge in [-0.05, 0) is 28.5 Å². The van der Waals surface area contributed by atoms with Gasteiger partial charge in [-0.2, -0.15) is 0 Å². The van der Waals surface area contributed by atoms with Gasteiger partial charge < -0.3 is 9.84 Å². The van der Waals surface area contributed by atoms with E-state index in [1.165, 1.54) is 0 Å². The molecule has 0 aliphatic heterocycles. The van der Waals surface area contributed by atoms with Crippen LogP contribution in [0.15, 0.2) is 24.3 Å². The highest BCUT2D eigenvalue weighted by atomic mass is 16.5. The Kier molecular flexibility index (Phi) is 2.74. The van der Waals surface area contributed by atoms with Gasteiger partial charge in [0.05, 0.1) is 13.2 Å². The van der Waals surface area contributed by atoms with Crippen molar-refractivity contribution in [3.05, 3.63) is 29.8 Å². The molecule has 1 atom stereocenters. The Labute approximate surface area is 104 Å². The van der Waals surface area contributed by atoms with E-state index in [0.717, 1.165) is 11.3 Å². The zero-order valence-corrected chi connectivity index (χ0v) is 11.3. The van der Waals surface area contributed by atoms with Gasteiger partial charge in [0.15, 0.2) is 0 Å². The highest BCUT2D eigenvalue weighted by Gasteiger charge is 2.67. The average molecular weight is 234 g/mol. The van der Waals surface area contributed by atoms with Crippen LogP contribution >= 0.6 is 0 Å². The molecule has 0 amide bonds. The Morgan fingerprint density at radius 2 is 1.76 bits per heavy atom. The molecule has 2 rings (SSSR count). The zero-order chi connectivity index (χ0) is 12.8. The fourth-order valence-corrected chi connectivity index (χ4v) is 3.05. The standard InChI is InChI=1S/C15H22O2/c1-14(2)13(15(14,3)4)12(16)10-7-6-8-11(9-10)17-5/h6-9,12-13,16H,1-5H3. The van der Waals surface area contributed by atoms with Crippen molar-refractivity contribution >= 4 is 0 Å². The maximum atomic E-state index is 10.5. The molecule has 1 aromatic rings. The SMILES string of the molecule is COc1cccc(C(O)C2C(C)(C)C2(C)C)c1. The van der Waals surface area contributed by atoms with E-state index in [9.17, 15) is 5.11 Å². The maximum absolute atomic E-state index is 10.5. The van der Waals surface area contributed by atoms with Crippen LogP contribution in [0.4, 0.5) is 0 Å². The lowest BCUT2D eigenvalue weighted by molar-refractivity contribution is 0.130. The Hall–Kier alpha value is -1.02. The highest BCUT2D eigenvalue weighted by Crippen LogP contribution is 2.72. The minimum Gasteiger partial charge on any atom is -0.497 e. The van der Waals surface area contributed by atoms with Crippen molar-refractivity contribution in [1.29, 1.82) is 0 Å². The molecule has 1 aromatic carbocycles. The van der Waals surface area contributed by atoms with Crippen molar-refractivity contribution in [3.63, 3.8) is 0 Å². The molecule has 1 N–H and O–H groups in total. The molecule has 17 heavy (non-hydrogen) atoms. The molecule has 0 aromatic heterocycles. The van der Waals surface area contributed by atoms with Crippen molar-refractivity contribution in [3.8, 4) is 5.75 Å². The third-order valence-electron chi connectivity index (χ3n) is 4.88. The van der Waals surface area contributed by atoms with Crippen LogP contribution in [0.25, 0.3) is 0 Å². The molecule has 0 radical (unpaired) electrons. The first kappa shape index (κ1) is 12.4. The minimum atomic E-state index is -0.407. The van der Waals surface area contributed by atoms with Crippen molar-refractivity contribution < 1.29 is 9.84 Å². The summed E-state index contributed by atoms with van der Waals surface area (Å²) in [7, 11) is 1.65. The second-order valence-electron chi connectivity index (χ2n) is 6.14. The van der Waals surface area contributed by atoms with Gasteiger partial charge in [-0.1, -0.05) is 39.8 Å². The first-order valence-corrected chi connectivity index (χ1v) is 6.14. The van der Waals surface area contributed by atoms with Crippen molar-refractivity contribution in [2.24, 2.45) is 16.7 Å². The molecule has 0 saturated heterocycles. The molecular formula is C15H22O2. The molecule has 0 heterocycles. The Morgan fingerprint density at radius 3 is 2.24 bits per heavy atom. The smallest absolute Gasteiger partial charge is 0.119 e. The second kappa shape index (κ2) is 3.74. The van der Waals surface area contributed by atoms with Crippen LogP contribution in [0.2, 0.25) is 0 Å². The van der Waals surface area contributed by atoms with Gasteiger partial charge in [-0.3, -0.25) is 0 Å². The number of benzene rings is 1. The molecule has 1 aliphatic carbocycles. The third-order valence-corrected chi connectivity index (χ3v) is 4.88. The number of aliphatic hydroxyl groups excluding tert-OH is 1. The molecule has 1 unspecified atom stereocenters. The number of hydrogen-bond acceptors (Lipinski definition) is 2. The maximum Gasteiger partial charge on any atom is 0.119 e. The number of ether oxygens (including phenoxy) is 1. The van der Waals surface area contributed by atoms with Crippen LogP contribution in [0.5, 0.6) is 5.75 Å². The van der Waals surface area contributed by atoms with Gasteiger partial charge in [-0.25, -0.2) is 0 Å². The molecular weight excluding hydrogens is 212 g/mol. The predicted molar refractivity (Wildman–Crippen MR) is 69.0 cm³/mol. The van der Waals surface area contributed by atoms with Crippen LogP contribution < -0.4 is 4.74 Å². The lowest BCUT2D eigenvalue weighted by atomic mass is 9.99. The topological polar surface area (TPSA) is 29.5 Å². The Bertz CT molecular complexity index is 407. The summed E-state index contributed by atoms with van der Waals surface area (Å²) in [5.74, 6) is 1.11. The largest absolute Gasteiger partial charge is 0.497 e. The summed E-state index contributed by atoms with van der Waals surface area (Å²) < 4.78 is 5.20. The highest BCUT2D eigenvalue weighted by molar-refractivity contribution is 5.32. The minimum absolute atomic E-state index is 0.190. The van der Waals surface area contributed by atoms with Gasteiger partial charge in [-0.15, -0.1) is 0 Å². The normalized spacial score (nSPS) is 23.2. The molecule has 94 valence electrons. The second-order valence-corrected chi connectivity index (χ2v) is 6.14. The van der Waals surface area contributed by atoms with E-state index < -0.39 is 6.10 Å². The number of rotatable bonds is 3.